The van der Waals surface area contributed by atoms with Gasteiger partial charge in [0.25, 0.3) is 0 Å². The maximum absolute atomic E-state index is 10.6. The molecule has 0 atom stereocenters. The number of methoxy groups -OCH3 is 1. The van der Waals surface area contributed by atoms with Crippen molar-refractivity contribution in [1.82, 2.24) is 0 Å². The van der Waals surface area contributed by atoms with E-state index < -0.39 is 5.97 Å². The zero-order chi connectivity index (χ0) is 9.40. The number of hydrogen-bond acceptors (Lipinski definition) is 5. The Balaban J connectivity index is 3.30. The van der Waals surface area contributed by atoms with Crippen LogP contribution in [0.15, 0.2) is 0 Å². The molecule has 0 aliphatic rings. The summed E-state index contributed by atoms with van der Waals surface area (Å²) < 4.78 is 4.37. The zero-order valence-electron chi connectivity index (χ0n) is 7.16. The number of carbonyl (C=O) groups excluding carboxylic acids is 2. The zero-order valence-corrected chi connectivity index (χ0v) is 7.16. The molecule has 0 aliphatic heterocycles. The summed E-state index contributed by atoms with van der Waals surface area (Å²) in [5, 5.41) is 0. The Kier molecular flexibility index (Phi) is 6.00. The summed E-state index contributed by atoms with van der Waals surface area (Å²) in [5.74, 6) is -0.818. The van der Waals surface area contributed by atoms with Crippen molar-refractivity contribution in [3.63, 3.8) is 0 Å². The van der Waals surface area contributed by atoms with Gasteiger partial charge in [-0.15, -0.1) is 0 Å². The van der Waals surface area contributed by atoms with E-state index in [2.05, 4.69) is 14.5 Å². The normalized spacial score (nSPS) is 9.17. The van der Waals surface area contributed by atoms with Crippen LogP contribution in [0.2, 0.25) is 0 Å². The highest BCUT2D eigenvalue weighted by molar-refractivity contribution is 5.72. The molecule has 0 aromatic carbocycles. The Morgan fingerprint density at radius 2 is 1.67 bits per heavy atom. The summed E-state index contributed by atoms with van der Waals surface area (Å²) in [6.07, 6.45) is 0.785. The standard InChI is InChI=1S/C7H12O5/c1-10-6(8)4-3-5-7(9)12-11-2/h3-5H2,1-2H3. The predicted molar refractivity (Wildman–Crippen MR) is 39.0 cm³/mol. The van der Waals surface area contributed by atoms with Crippen molar-refractivity contribution in [2.45, 2.75) is 19.3 Å². The van der Waals surface area contributed by atoms with Crippen LogP contribution in [0, 0.1) is 0 Å². The third kappa shape index (κ3) is 5.67. The van der Waals surface area contributed by atoms with E-state index in [0.717, 1.165) is 0 Å². The van der Waals surface area contributed by atoms with Gasteiger partial charge in [-0.1, -0.05) is 0 Å². The molecule has 0 heterocycles. The Morgan fingerprint density at radius 1 is 1.08 bits per heavy atom. The molecule has 0 N–H and O–H groups in total. The highest BCUT2D eigenvalue weighted by atomic mass is 17.2. The first kappa shape index (κ1) is 10.9. The molecule has 0 rings (SSSR count). The number of esters is 1. The third-order valence-electron chi connectivity index (χ3n) is 1.17. The molecule has 0 radical (unpaired) electrons. The Labute approximate surface area is 70.5 Å². The summed E-state index contributed by atoms with van der Waals surface area (Å²) in [6, 6.07) is 0. The van der Waals surface area contributed by atoms with Gasteiger partial charge >= 0.3 is 11.9 Å². The van der Waals surface area contributed by atoms with Gasteiger partial charge in [0.15, 0.2) is 0 Å². The van der Waals surface area contributed by atoms with Crippen LogP contribution in [0.4, 0.5) is 0 Å². The van der Waals surface area contributed by atoms with E-state index in [4.69, 9.17) is 0 Å². The molecule has 0 fully saturated rings. The van der Waals surface area contributed by atoms with Crippen molar-refractivity contribution in [1.29, 1.82) is 0 Å². The van der Waals surface area contributed by atoms with Gasteiger partial charge in [0.2, 0.25) is 0 Å². The first-order valence-electron chi connectivity index (χ1n) is 3.51. The van der Waals surface area contributed by atoms with Crippen LogP contribution in [0.25, 0.3) is 0 Å². The van der Waals surface area contributed by atoms with E-state index in [1.807, 2.05) is 0 Å². The molecule has 0 amide bonds. The van der Waals surface area contributed by atoms with Crippen LogP contribution in [-0.2, 0) is 24.1 Å². The third-order valence-corrected chi connectivity index (χ3v) is 1.17. The van der Waals surface area contributed by atoms with Crippen molar-refractivity contribution in [2.24, 2.45) is 0 Å². The second kappa shape index (κ2) is 6.60. The fraction of sp³-hybridized carbons (Fsp3) is 0.714. The highest BCUT2D eigenvalue weighted by Gasteiger charge is 2.05. The number of rotatable bonds is 5. The molecule has 12 heavy (non-hydrogen) atoms. The van der Waals surface area contributed by atoms with Gasteiger partial charge in [-0.2, -0.15) is 4.89 Å². The first-order valence-corrected chi connectivity index (χ1v) is 3.51. The molecular formula is C7H12O5. The van der Waals surface area contributed by atoms with E-state index in [9.17, 15) is 9.59 Å². The van der Waals surface area contributed by atoms with Crippen molar-refractivity contribution in [3.8, 4) is 0 Å². The highest BCUT2D eigenvalue weighted by Crippen LogP contribution is 1.98. The van der Waals surface area contributed by atoms with Crippen LogP contribution in [-0.4, -0.2) is 26.2 Å². The van der Waals surface area contributed by atoms with Crippen LogP contribution < -0.4 is 0 Å². The largest absolute Gasteiger partial charge is 0.469 e. The lowest BCUT2D eigenvalue weighted by atomic mass is 10.2. The van der Waals surface area contributed by atoms with Gasteiger partial charge in [-0.25, -0.2) is 4.79 Å². The van der Waals surface area contributed by atoms with E-state index in [1.165, 1.54) is 14.2 Å². The summed E-state index contributed by atoms with van der Waals surface area (Å²) in [5.41, 5.74) is 0. The first-order chi connectivity index (χ1) is 5.70. The molecule has 0 aliphatic carbocycles. The van der Waals surface area contributed by atoms with Gasteiger partial charge < -0.3 is 4.74 Å². The molecule has 0 bridgehead atoms. The lowest BCUT2D eigenvalue weighted by molar-refractivity contribution is -0.255. The lowest BCUT2D eigenvalue weighted by Gasteiger charge is -1.98. The quantitative estimate of drug-likeness (QED) is 0.345. The molecule has 0 saturated heterocycles. The monoisotopic (exact) mass is 176 g/mol. The number of carbonyl (C=O) groups is 2. The fourth-order valence-corrected chi connectivity index (χ4v) is 0.614. The summed E-state index contributed by atoms with van der Waals surface area (Å²) >= 11 is 0. The van der Waals surface area contributed by atoms with Crippen molar-refractivity contribution in [2.75, 3.05) is 14.2 Å². The van der Waals surface area contributed by atoms with Crippen LogP contribution in [0.5, 0.6) is 0 Å². The summed E-state index contributed by atoms with van der Waals surface area (Å²) in [6.45, 7) is 0. The minimum atomic E-state index is -0.485. The maximum atomic E-state index is 10.6. The van der Waals surface area contributed by atoms with Gasteiger partial charge in [-0.05, 0) is 6.42 Å². The minimum absolute atomic E-state index is 0.156. The van der Waals surface area contributed by atoms with Gasteiger partial charge in [0.05, 0.1) is 14.2 Å². The minimum Gasteiger partial charge on any atom is -0.469 e. The average molecular weight is 176 g/mol. The predicted octanol–water partition coefficient (Wildman–Crippen LogP) is 0.434. The molecule has 0 saturated carbocycles. The van der Waals surface area contributed by atoms with E-state index in [1.54, 1.807) is 0 Å². The van der Waals surface area contributed by atoms with Crippen LogP contribution in [0.3, 0.4) is 0 Å². The van der Waals surface area contributed by atoms with Gasteiger partial charge in [0, 0.05) is 12.8 Å². The van der Waals surface area contributed by atoms with Crippen molar-refractivity contribution < 1.29 is 24.1 Å². The van der Waals surface area contributed by atoms with Gasteiger partial charge in [-0.3, -0.25) is 9.68 Å². The van der Waals surface area contributed by atoms with E-state index in [-0.39, 0.29) is 18.8 Å². The Morgan fingerprint density at radius 3 is 2.17 bits per heavy atom. The molecule has 0 aromatic rings. The van der Waals surface area contributed by atoms with Crippen LogP contribution >= 0.6 is 0 Å². The van der Waals surface area contributed by atoms with E-state index >= 15 is 0 Å². The van der Waals surface area contributed by atoms with Crippen molar-refractivity contribution >= 4 is 11.9 Å². The Hall–Kier alpha value is -1.10. The summed E-state index contributed by atoms with van der Waals surface area (Å²) in [4.78, 5) is 29.4. The topological polar surface area (TPSA) is 61.8 Å². The molecular weight excluding hydrogens is 164 g/mol. The lowest BCUT2D eigenvalue weighted by Crippen LogP contribution is -2.05. The number of hydrogen-bond donors (Lipinski definition) is 0. The molecule has 0 spiro atoms. The van der Waals surface area contributed by atoms with Gasteiger partial charge in [0.1, 0.15) is 0 Å². The molecule has 0 unspecified atom stereocenters. The van der Waals surface area contributed by atoms with E-state index in [0.29, 0.717) is 6.42 Å². The fourth-order valence-electron chi connectivity index (χ4n) is 0.614. The molecule has 0 aromatic heterocycles. The summed E-state index contributed by atoms with van der Waals surface area (Å²) in [7, 11) is 2.55. The number of ether oxygens (including phenoxy) is 1. The maximum Gasteiger partial charge on any atom is 0.342 e. The smallest absolute Gasteiger partial charge is 0.342 e. The van der Waals surface area contributed by atoms with Crippen molar-refractivity contribution in [3.05, 3.63) is 0 Å². The average Bonchev–Trinajstić information content (AvgIpc) is 2.04. The molecule has 5 nitrogen and oxygen atoms in total. The SMILES string of the molecule is COOC(=O)CCCC(=O)OC. The molecule has 5 heteroatoms. The Bertz CT molecular complexity index is 154. The molecule has 70 valence electrons. The van der Waals surface area contributed by atoms with Crippen LogP contribution in [0.1, 0.15) is 19.3 Å². The second-order valence-electron chi connectivity index (χ2n) is 2.05. The second-order valence-corrected chi connectivity index (χ2v) is 2.05.